The number of rotatable bonds is 6. The van der Waals surface area contributed by atoms with E-state index in [2.05, 4.69) is 0 Å². The Kier molecular flexibility index (Phi) is 8.80. The van der Waals surface area contributed by atoms with Crippen LogP contribution in [0.15, 0.2) is 21.6 Å². The van der Waals surface area contributed by atoms with E-state index in [0.717, 1.165) is 12.8 Å². The Hall–Kier alpha value is -2.25. The van der Waals surface area contributed by atoms with E-state index in [-0.39, 0.29) is 30.3 Å². The van der Waals surface area contributed by atoms with E-state index < -0.39 is 11.9 Å². The topological polar surface area (TPSA) is 100 Å². The van der Waals surface area contributed by atoms with E-state index in [0.29, 0.717) is 23.3 Å². The van der Waals surface area contributed by atoms with Gasteiger partial charge in [-0.1, -0.05) is 6.42 Å². The van der Waals surface area contributed by atoms with Crippen LogP contribution in [-0.2, 0) is 19.1 Å². The standard InChI is InChI=1S/C18H22N2O4S/c1-4-23-17(21)14(10-19)12-8-6-7-9-13(12)16(25-3)15(11-20)18(22)24-5-2/h13H,4-9H2,1-3H3/b14-12+,16-15+/t13-/m1/s1. The first-order valence-electron chi connectivity index (χ1n) is 8.21. The van der Waals surface area contributed by atoms with Crippen molar-refractivity contribution in [1.29, 1.82) is 10.5 Å². The average Bonchev–Trinajstić information content (AvgIpc) is 2.61. The third-order valence-corrected chi connectivity index (χ3v) is 4.82. The first kappa shape index (κ1) is 20.8. The molecule has 1 aliphatic rings. The minimum atomic E-state index is -0.672. The number of hydrogen-bond donors (Lipinski definition) is 0. The van der Waals surface area contributed by atoms with Gasteiger partial charge in [0.05, 0.1) is 13.2 Å². The van der Waals surface area contributed by atoms with Crippen LogP contribution in [0.2, 0.25) is 0 Å². The molecule has 0 N–H and O–H groups in total. The van der Waals surface area contributed by atoms with Gasteiger partial charge < -0.3 is 9.47 Å². The van der Waals surface area contributed by atoms with Crippen molar-refractivity contribution in [3.63, 3.8) is 0 Å². The van der Waals surface area contributed by atoms with E-state index in [1.165, 1.54) is 11.8 Å². The molecule has 1 aliphatic carbocycles. The van der Waals surface area contributed by atoms with E-state index >= 15 is 0 Å². The molecule has 25 heavy (non-hydrogen) atoms. The maximum atomic E-state index is 12.1. The molecule has 0 aromatic carbocycles. The van der Waals surface area contributed by atoms with Crippen LogP contribution in [0.1, 0.15) is 39.5 Å². The first-order chi connectivity index (χ1) is 12.0. The molecular weight excluding hydrogens is 340 g/mol. The van der Waals surface area contributed by atoms with Crippen molar-refractivity contribution < 1.29 is 19.1 Å². The van der Waals surface area contributed by atoms with Crippen molar-refractivity contribution in [2.24, 2.45) is 5.92 Å². The molecule has 0 aromatic rings. The number of nitriles is 2. The van der Waals surface area contributed by atoms with E-state index in [1.54, 1.807) is 20.1 Å². The van der Waals surface area contributed by atoms with Gasteiger partial charge in [-0.3, -0.25) is 0 Å². The predicted molar refractivity (Wildman–Crippen MR) is 94.0 cm³/mol. The summed E-state index contributed by atoms with van der Waals surface area (Å²) < 4.78 is 9.96. The summed E-state index contributed by atoms with van der Waals surface area (Å²) in [5.41, 5.74) is 0.577. The summed E-state index contributed by atoms with van der Waals surface area (Å²) in [7, 11) is 0. The highest BCUT2D eigenvalue weighted by Gasteiger charge is 2.32. The summed E-state index contributed by atoms with van der Waals surface area (Å²) in [6.45, 7) is 3.70. The maximum absolute atomic E-state index is 12.1. The molecule has 0 aliphatic heterocycles. The molecule has 134 valence electrons. The Balaban J connectivity index is 3.46. The van der Waals surface area contributed by atoms with Crippen molar-refractivity contribution in [3.05, 3.63) is 21.6 Å². The number of thioether (sulfide) groups is 1. The lowest BCUT2D eigenvalue weighted by Crippen LogP contribution is -2.20. The van der Waals surface area contributed by atoms with Crippen molar-refractivity contribution in [2.45, 2.75) is 39.5 Å². The van der Waals surface area contributed by atoms with Gasteiger partial charge in [-0.25, -0.2) is 9.59 Å². The minimum Gasteiger partial charge on any atom is -0.462 e. The second-order valence-corrected chi connectivity index (χ2v) is 6.15. The summed E-state index contributed by atoms with van der Waals surface area (Å²) in [5.74, 6) is -1.64. The second-order valence-electron chi connectivity index (χ2n) is 5.31. The molecule has 1 atom stereocenters. The van der Waals surface area contributed by atoms with Gasteiger partial charge in [-0.05, 0) is 44.9 Å². The van der Waals surface area contributed by atoms with Gasteiger partial charge in [0.25, 0.3) is 0 Å². The third-order valence-electron chi connectivity index (χ3n) is 3.90. The number of allylic oxidation sites excluding steroid dienone is 2. The highest BCUT2D eigenvalue weighted by molar-refractivity contribution is 8.02. The number of carbonyl (C=O) groups excluding carboxylic acids is 2. The van der Waals surface area contributed by atoms with Crippen LogP contribution in [0.25, 0.3) is 0 Å². The molecule has 0 bridgehead atoms. The Morgan fingerprint density at radius 2 is 1.76 bits per heavy atom. The van der Waals surface area contributed by atoms with Crippen LogP contribution >= 0.6 is 11.8 Å². The quantitative estimate of drug-likeness (QED) is 0.406. The second kappa shape index (κ2) is 10.6. The molecule has 0 radical (unpaired) electrons. The number of ether oxygens (including phenoxy) is 2. The van der Waals surface area contributed by atoms with E-state index in [9.17, 15) is 20.1 Å². The summed E-state index contributed by atoms with van der Waals surface area (Å²) in [4.78, 5) is 24.8. The van der Waals surface area contributed by atoms with E-state index in [4.69, 9.17) is 9.47 Å². The Labute approximate surface area is 152 Å². The van der Waals surface area contributed by atoms with E-state index in [1.807, 2.05) is 12.1 Å². The molecule has 0 spiro atoms. The van der Waals surface area contributed by atoms with Crippen molar-refractivity contribution in [1.82, 2.24) is 0 Å². The van der Waals surface area contributed by atoms with Crippen molar-refractivity contribution in [2.75, 3.05) is 19.5 Å². The first-order valence-corrected chi connectivity index (χ1v) is 9.43. The summed E-state index contributed by atoms with van der Waals surface area (Å²) >= 11 is 1.28. The van der Waals surface area contributed by atoms with Gasteiger partial charge in [-0.15, -0.1) is 11.8 Å². The normalized spacial score (nSPS) is 19.8. The molecule has 1 saturated carbocycles. The fraction of sp³-hybridized carbons (Fsp3) is 0.556. The monoisotopic (exact) mass is 362 g/mol. The zero-order valence-corrected chi connectivity index (χ0v) is 15.6. The van der Waals surface area contributed by atoms with Crippen LogP contribution in [0.3, 0.4) is 0 Å². The van der Waals surface area contributed by atoms with Crippen LogP contribution in [0.4, 0.5) is 0 Å². The smallest absolute Gasteiger partial charge is 0.349 e. The van der Waals surface area contributed by atoms with Gasteiger partial charge in [-0.2, -0.15) is 10.5 Å². The zero-order valence-electron chi connectivity index (χ0n) is 14.8. The summed E-state index contributed by atoms with van der Waals surface area (Å²) in [5, 5.41) is 18.9. The molecule has 0 saturated heterocycles. The van der Waals surface area contributed by atoms with Gasteiger partial charge in [0.2, 0.25) is 0 Å². The molecule has 7 heteroatoms. The third kappa shape index (κ3) is 5.11. The van der Waals surface area contributed by atoms with Gasteiger partial charge in [0.1, 0.15) is 23.3 Å². The fourth-order valence-corrected chi connectivity index (χ4v) is 3.75. The number of hydrogen-bond acceptors (Lipinski definition) is 7. The summed E-state index contributed by atoms with van der Waals surface area (Å²) in [6.07, 6.45) is 4.74. The fourth-order valence-electron chi connectivity index (χ4n) is 2.88. The SMILES string of the molecule is CCOC(=O)/C(C#N)=C1\CCCC[C@H]1/C(SC)=C(/C#N)C(=O)OCC. The molecule has 0 heterocycles. The number of carbonyl (C=O) groups is 2. The minimum absolute atomic E-state index is 0.0146. The van der Waals surface area contributed by atoms with Crippen molar-refractivity contribution >= 4 is 23.7 Å². The summed E-state index contributed by atoms with van der Waals surface area (Å²) in [6, 6.07) is 3.88. The van der Waals surface area contributed by atoms with Gasteiger partial charge in [0, 0.05) is 10.8 Å². The Morgan fingerprint density at radius 1 is 1.12 bits per heavy atom. The zero-order chi connectivity index (χ0) is 18.8. The van der Waals surface area contributed by atoms with Gasteiger partial charge in [0.15, 0.2) is 0 Å². The van der Waals surface area contributed by atoms with Crippen LogP contribution < -0.4 is 0 Å². The van der Waals surface area contributed by atoms with Crippen molar-refractivity contribution in [3.8, 4) is 12.1 Å². The lowest BCUT2D eigenvalue weighted by molar-refractivity contribution is -0.138. The molecular formula is C18H22N2O4S. The largest absolute Gasteiger partial charge is 0.462 e. The lowest BCUT2D eigenvalue weighted by Gasteiger charge is -2.28. The molecule has 6 nitrogen and oxygen atoms in total. The van der Waals surface area contributed by atoms with Crippen LogP contribution in [0, 0.1) is 28.6 Å². The maximum Gasteiger partial charge on any atom is 0.349 e. The Bertz CT molecular complexity index is 622. The molecule has 1 rings (SSSR count). The average molecular weight is 362 g/mol. The lowest BCUT2D eigenvalue weighted by atomic mass is 9.80. The number of esters is 2. The van der Waals surface area contributed by atoms with Crippen LogP contribution in [0.5, 0.6) is 0 Å². The highest BCUT2D eigenvalue weighted by atomic mass is 32.2. The van der Waals surface area contributed by atoms with Crippen LogP contribution in [-0.4, -0.2) is 31.4 Å². The molecule has 1 fully saturated rings. The highest BCUT2D eigenvalue weighted by Crippen LogP contribution is 2.41. The Morgan fingerprint density at radius 3 is 2.28 bits per heavy atom. The van der Waals surface area contributed by atoms with Gasteiger partial charge >= 0.3 is 11.9 Å². The molecule has 0 amide bonds. The molecule has 0 aromatic heterocycles. The molecule has 0 unspecified atom stereocenters. The number of nitrogens with zero attached hydrogens (tertiary/aromatic N) is 2. The predicted octanol–water partition coefficient (Wildman–Crippen LogP) is 3.26.